The highest BCUT2D eigenvalue weighted by Gasteiger charge is 2.30. The summed E-state index contributed by atoms with van der Waals surface area (Å²) in [5, 5.41) is 21.8. The first kappa shape index (κ1) is 21.8. The predicted octanol–water partition coefficient (Wildman–Crippen LogP) is 4.58. The number of hydrogen-bond acceptors (Lipinski definition) is 7. The normalized spacial score (nSPS) is 15.4. The van der Waals surface area contributed by atoms with Crippen molar-refractivity contribution in [2.45, 2.75) is 13.8 Å². The van der Waals surface area contributed by atoms with Gasteiger partial charge in [0.25, 0.3) is 0 Å². The van der Waals surface area contributed by atoms with E-state index in [0.717, 1.165) is 22.9 Å². The number of nitrogens with two attached hydrogens (primary N) is 1. The fraction of sp³-hybridized carbons (Fsp3) is 0.125. The Hall–Kier alpha value is -3.94. The molecule has 3 rings (SSSR count). The van der Waals surface area contributed by atoms with E-state index >= 15 is 0 Å². The number of carbonyl (C=O) groups excluding carboxylic acids is 1. The largest absolute Gasteiger partial charge is 0.462 e. The zero-order valence-corrected chi connectivity index (χ0v) is 17.9. The number of benzene rings is 2. The van der Waals surface area contributed by atoms with Crippen molar-refractivity contribution in [3.63, 3.8) is 0 Å². The third-order valence-electron chi connectivity index (χ3n) is 4.55. The van der Waals surface area contributed by atoms with E-state index in [1.807, 2.05) is 67.6 Å². The minimum Gasteiger partial charge on any atom is -0.462 e. The van der Waals surface area contributed by atoms with Crippen LogP contribution in [0.3, 0.4) is 0 Å². The predicted molar refractivity (Wildman–Crippen MR) is 122 cm³/mol. The van der Waals surface area contributed by atoms with Gasteiger partial charge in [-0.3, -0.25) is 4.90 Å². The van der Waals surface area contributed by atoms with Gasteiger partial charge in [-0.25, -0.2) is 4.79 Å². The van der Waals surface area contributed by atoms with Crippen LogP contribution in [0.1, 0.15) is 18.1 Å². The Morgan fingerprint density at radius 1 is 1.13 bits per heavy atom. The number of carbonyl (C=O) groups is 1. The average Bonchev–Trinajstić information content (AvgIpc) is 2.92. The molecule has 0 atom stereocenters. The summed E-state index contributed by atoms with van der Waals surface area (Å²) in [5.41, 5.74) is 9.65. The minimum absolute atomic E-state index is 0.124. The van der Waals surface area contributed by atoms with Crippen LogP contribution in [0.15, 0.2) is 82.0 Å². The van der Waals surface area contributed by atoms with Crippen LogP contribution in [0.2, 0.25) is 0 Å². The second-order valence-electron chi connectivity index (χ2n) is 6.57. The maximum absolute atomic E-state index is 12.5. The molecule has 6 nitrogen and oxygen atoms in total. The smallest absolute Gasteiger partial charge is 0.351 e. The van der Waals surface area contributed by atoms with Crippen LogP contribution >= 0.6 is 11.8 Å². The Balaban J connectivity index is 2.32. The van der Waals surface area contributed by atoms with Crippen LogP contribution in [0.5, 0.6) is 0 Å². The van der Waals surface area contributed by atoms with Gasteiger partial charge in [0.1, 0.15) is 28.6 Å². The zero-order chi connectivity index (χ0) is 22.4. The van der Waals surface area contributed by atoms with Gasteiger partial charge in [-0.1, -0.05) is 59.8 Å². The summed E-state index contributed by atoms with van der Waals surface area (Å²) in [6, 6.07) is 20.9. The SMILES string of the molecule is CCOC(=O)C(C#N)=C1SC=C(c2ccccc2)C(C#N)=C(N)N1c1ccc(C)cc1. The molecule has 0 spiro atoms. The monoisotopic (exact) mass is 428 g/mol. The summed E-state index contributed by atoms with van der Waals surface area (Å²) in [4.78, 5) is 14.1. The summed E-state index contributed by atoms with van der Waals surface area (Å²) in [6.45, 7) is 3.75. The van der Waals surface area contributed by atoms with Gasteiger partial charge < -0.3 is 10.5 Å². The number of allylic oxidation sites excluding steroid dienone is 2. The first-order chi connectivity index (χ1) is 15.0. The first-order valence-electron chi connectivity index (χ1n) is 9.52. The molecule has 2 aromatic rings. The van der Waals surface area contributed by atoms with Gasteiger partial charge in [0.05, 0.1) is 6.61 Å². The number of aryl methyl sites for hydroxylation is 1. The summed E-state index contributed by atoms with van der Waals surface area (Å²) in [6.07, 6.45) is 0. The lowest BCUT2D eigenvalue weighted by atomic mass is 10.00. The third-order valence-corrected chi connectivity index (χ3v) is 5.52. The molecule has 0 unspecified atom stereocenters. The van der Waals surface area contributed by atoms with Gasteiger partial charge in [-0.2, -0.15) is 10.5 Å². The molecular weight excluding hydrogens is 408 g/mol. The quantitative estimate of drug-likeness (QED) is 0.432. The molecule has 2 aromatic carbocycles. The fourth-order valence-electron chi connectivity index (χ4n) is 3.04. The van der Waals surface area contributed by atoms with Gasteiger partial charge in [0.2, 0.25) is 0 Å². The van der Waals surface area contributed by atoms with E-state index in [1.165, 1.54) is 0 Å². The molecule has 1 aliphatic heterocycles. The van der Waals surface area contributed by atoms with E-state index in [4.69, 9.17) is 10.5 Å². The van der Waals surface area contributed by atoms with Crippen molar-refractivity contribution in [2.75, 3.05) is 11.5 Å². The maximum Gasteiger partial charge on any atom is 0.351 e. The molecule has 0 saturated carbocycles. The van der Waals surface area contributed by atoms with Crippen molar-refractivity contribution in [2.24, 2.45) is 5.73 Å². The molecule has 2 N–H and O–H groups in total. The van der Waals surface area contributed by atoms with Crippen LogP contribution in [0, 0.1) is 29.6 Å². The van der Waals surface area contributed by atoms with Crippen molar-refractivity contribution >= 4 is 29.0 Å². The Labute approximate surface area is 185 Å². The summed E-state index contributed by atoms with van der Waals surface area (Å²) >= 11 is 1.15. The van der Waals surface area contributed by atoms with Gasteiger partial charge in [-0.05, 0) is 37.0 Å². The molecular formula is C24H20N4O2S. The number of ether oxygens (including phenoxy) is 1. The third kappa shape index (κ3) is 4.48. The van der Waals surface area contributed by atoms with E-state index in [1.54, 1.807) is 17.2 Å². The second-order valence-corrected chi connectivity index (χ2v) is 7.43. The lowest BCUT2D eigenvalue weighted by Crippen LogP contribution is -2.29. The first-order valence-corrected chi connectivity index (χ1v) is 10.4. The lowest BCUT2D eigenvalue weighted by molar-refractivity contribution is -0.138. The number of nitrogens with zero attached hydrogens (tertiary/aromatic N) is 3. The molecule has 7 heteroatoms. The molecule has 31 heavy (non-hydrogen) atoms. The zero-order valence-electron chi connectivity index (χ0n) is 17.1. The summed E-state index contributed by atoms with van der Waals surface area (Å²) < 4.78 is 5.09. The van der Waals surface area contributed by atoms with Gasteiger partial charge in [0, 0.05) is 11.3 Å². The van der Waals surface area contributed by atoms with Gasteiger partial charge >= 0.3 is 5.97 Å². The molecule has 0 aromatic heterocycles. The van der Waals surface area contributed by atoms with Crippen molar-refractivity contribution in [3.8, 4) is 12.1 Å². The number of hydrogen-bond donors (Lipinski definition) is 1. The maximum atomic E-state index is 12.5. The molecule has 1 aliphatic rings. The number of thioether (sulfide) groups is 1. The highest BCUT2D eigenvalue weighted by molar-refractivity contribution is 8.06. The molecule has 154 valence electrons. The second kappa shape index (κ2) is 9.71. The number of anilines is 1. The van der Waals surface area contributed by atoms with Crippen molar-refractivity contribution in [1.29, 1.82) is 10.5 Å². The average molecular weight is 429 g/mol. The van der Waals surface area contributed by atoms with Gasteiger partial charge in [0.15, 0.2) is 5.57 Å². The summed E-state index contributed by atoms with van der Waals surface area (Å²) in [5.74, 6) is -0.619. The fourth-order valence-corrected chi connectivity index (χ4v) is 4.08. The van der Waals surface area contributed by atoms with E-state index in [2.05, 4.69) is 6.07 Å². The highest BCUT2D eigenvalue weighted by atomic mass is 32.2. The molecule has 1 heterocycles. The lowest BCUT2D eigenvalue weighted by Gasteiger charge is -2.26. The van der Waals surface area contributed by atoms with Crippen molar-refractivity contribution in [1.82, 2.24) is 0 Å². The number of rotatable bonds is 4. The molecule has 0 bridgehead atoms. The molecule has 0 aliphatic carbocycles. The number of nitriles is 2. The van der Waals surface area contributed by atoms with Crippen LogP contribution < -0.4 is 10.6 Å². The van der Waals surface area contributed by atoms with Crippen molar-refractivity contribution in [3.05, 3.63) is 93.1 Å². The Morgan fingerprint density at radius 3 is 2.39 bits per heavy atom. The van der Waals surface area contributed by atoms with Crippen LogP contribution in [0.4, 0.5) is 5.69 Å². The standard InChI is InChI=1S/C24H20N4O2S/c1-3-30-24(29)20(14-26)23-28(18-11-9-16(2)10-12-18)22(27)19(13-25)21(15-31-23)17-7-5-4-6-8-17/h4-12,15H,3,27H2,1-2H3. The van der Waals surface area contributed by atoms with Crippen LogP contribution in [-0.2, 0) is 9.53 Å². The molecule has 0 saturated heterocycles. The minimum atomic E-state index is -0.743. The topological polar surface area (TPSA) is 103 Å². The Morgan fingerprint density at radius 2 is 1.81 bits per heavy atom. The van der Waals surface area contributed by atoms with E-state index in [-0.39, 0.29) is 28.6 Å². The van der Waals surface area contributed by atoms with Crippen molar-refractivity contribution < 1.29 is 9.53 Å². The Kier molecular flexibility index (Phi) is 6.81. The summed E-state index contributed by atoms with van der Waals surface area (Å²) in [7, 11) is 0. The highest BCUT2D eigenvalue weighted by Crippen LogP contribution is 2.41. The van der Waals surface area contributed by atoms with Crippen LogP contribution in [0.25, 0.3) is 5.57 Å². The van der Waals surface area contributed by atoms with E-state index in [0.29, 0.717) is 11.3 Å². The molecule has 0 amide bonds. The number of esters is 1. The van der Waals surface area contributed by atoms with E-state index in [9.17, 15) is 15.3 Å². The van der Waals surface area contributed by atoms with Crippen LogP contribution in [-0.4, -0.2) is 12.6 Å². The van der Waals surface area contributed by atoms with E-state index < -0.39 is 5.97 Å². The van der Waals surface area contributed by atoms with Gasteiger partial charge in [-0.15, -0.1) is 0 Å². The molecule has 0 radical (unpaired) electrons. The Bertz CT molecular complexity index is 1170. The molecule has 0 fully saturated rings.